The van der Waals surface area contributed by atoms with E-state index in [1.165, 1.54) is 30.9 Å². The second-order valence-electron chi connectivity index (χ2n) is 7.29. The van der Waals surface area contributed by atoms with Crippen molar-refractivity contribution in [1.82, 2.24) is 15.0 Å². The number of rotatable bonds is 7. The number of benzene rings is 1. The largest absolute Gasteiger partial charge is 0.492 e. The molecule has 9 heteroatoms. The Morgan fingerprint density at radius 2 is 2.23 bits per heavy atom. The van der Waals surface area contributed by atoms with Gasteiger partial charge in [-0.25, -0.2) is 9.97 Å². The van der Waals surface area contributed by atoms with Gasteiger partial charge in [-0.1, -0.05) is 42.2 Å². The third-order valence-corrected chi connectivity index (χ3v) is 7.11. The quantitative estimate of drug-likeness (QED) is 0.427. The highest BCUT2D eigenvalue weighted by Gasteiger charge is 2.21. The third kappa shape index (κ3) is 4.84. The Kier molecular flexibility index (Phi) is 6.69. The van der Waals surface area contributed by atoms with E-state index in [0.29, 0.717) is 29.6 Å². The number of hydrogen-bond acceptors (Lipinski definition) is 8. The SMILES string of the molecule is CCOc1ccccc1NC(=O)CSc1ncnc2nc(N3CCC[C@@H](C)C3)sc12. The second-order valence-corrected chi connectivity index (χ2v) is 9.23. The molecule has 0 aliphatic carbocycles. The van der Waals surface area contributed by atoms with Gasteiger partial charge in [0.15, 0.2) is 10.8 Å². The Labute approximate surface area is 184 Å². The first-order valence-corrected chi connectivity index (χ1v) is 11.9. The molecule has 0 spiro atoms. The van der Waals surface area contributed by atoms with E-state index in [-0.39, 0.29) is 11.7 Å². The molecule has 1 amide bonds. The lowest BCUT2D eigenvalue weighted by Gasteiger charge is -2.30. The van der Waals surface area contributed by atoms with Gasteiger partial charge in [-0.2, -0.15) is 4.98 Å². The van der Waals surface area contributed by atoms with Gasteiger partial charge >= 0.3 is 0 Å². The number of thioether (sulfide) groups is 1. The number of para-hydroxylation sites is 2. The minimum Gasteiger partial charge on any atom is -0.492 e. The average Bonchev–Trinajstić information content (AvgIpc) is 3.19. The number of ether oxygens (including phenoxy) is 1. The monoisotopic (exact) mass is 443 g/mol. The number of hydrogen-bond donors (Lipinski definition) is 1. The van der Waals surface area contributed by atoms with Gasteiger partial charge in [0, 0.05) is 13.1 Å². The van der Waals surface area contributed by atoms with E-state index >= 15 is 0 Å². The second kappa shape index (κ2) is 9.61. The van der Waals surface area contributed by atoms with Crippen LogP contribution in [0.4, 0.5) is 10.8 Å². The van der Waals surface area contributed by atoms with Crippen LogP contribution in [-0.4, -0.2) is 46.3 Å². The van der Waals surface area contributed by atoms with Crippen LogP contribution in [0.2, 0.25) is 0 Å². The van der Waals surface area contributed by atoms with Crippen molar-refractivity contribution in [3.8, 4) is 5.75 Å². The average molecular weight is 444 g/mol. The van der Waals surface area contributed by atoms with E-state index < -0.39 is 0 Å². The maximum Gasteiger partial charge on any atom is 0.234 e. The molecule has 0 unspecified atom stereocenters. The van der Waals surface area contributed by atoms with Crippen molar-refractivity contribution in [2.75, 3.05) is 35.7 Å². The number of nitrogens with one attached hydrogen (secondary N) is 1. The summed E-state index contributed by atoms with van der Waals surface area (Å²) in [5.74, 6) is 1.49. The summed E-state index contributed by atoms with van der Waals surface area (Å²) in [6, 6.07) is 7.45. The topological polar surface area (TPSA) is 80.2 Å². The number of anilines is 2. The molecule has 1 aliphatic rings. The highest BCUT2D eigenvalue weighted by Crippen LogP contribution is 2.35. The zero-order valence-corrected chi connectivity index (χ0v) is 18.8. The summed E-state index contributed by atoms with van der Waals surface area (Å²) >= 11 is 3.02. The minimum absolute atomic E-state index is 0.103. The molecule has 2 aromatic heterocycles. The summed E-state index contributed by atoms with van der Waals surface area (Å²) < 4.78 is 6.52. The number of piperidine rings is 1. The van der Waals surface area contributed by atoms with Crippen molar-refractivity contribution < 1.29 is 9.53 Å². The van der Waals surface area contributed by atoms with Crippen molar-refractivity contribution >= 4 is 50.2 Å². The molecule has 1 fully saturated rings. The van der Waals surface area contributed by atoms with Crippen LogP contribution in [0, 0.1) is 5.92 Å². The van der Waals surface area contributed by atoms with Gasteiger partial charge in [0.1, 0.15) is 21.8 Å². The van der Waals surface area contributed by atoms with Gasteiger partial charge in [-0.05, 0) is 37.8 Å². The molecule has 1 N–H and O–H groups in total. The molecule has 30 heavy (non-hydrogen) atoms. The number of aromatic nitrogens is 3. The van der Waals surface area contributed by atoms with Crippen LogP contribution in [0.1, 0.15) is 26.7 Å². The predicted molar refractivity (Wildman–Crippen MR) is 123 cm³/mol. The predicted octanol–water partition coefficient (Wildman–Crippen LogP) is 4.45. The summed E-state index contributed by atoms with van der Waals surface area (Å²) in [5, 5.41) is 4.71. The van der Waals surface area contributed by atoms with E-state index in [4.69, 9.17) is 9.72 Å². The fourth-order valence-electron chi connectivity index (χ4n) is 3.50. The normalized spacial score (nSPS) is 16.6. The molecular formula is C21H25N5O2S2. The van der Waals surface area contributed by atoms with Gasteiger partial charge < -0.3 is 15.0 Å². The van der Waals surface area contributed by atoms with Crippen molar-refractivity contribution in [3.05, 3.63) is 30.6 Å². The standard InChI is InChI=1S/C21H25N5O2S2/c1-3-28-16-9-5-4-8-15(16)24-17(27)12-29-20-18-19(22-13-23-20)25-21(30-18)26-10-6-7-14(2)11-26/h4-5,8-9,13-14H,3,6-7,10-12H2,1-2H3,(H,24,27)/t14-/m1/s1. The molecular weight excluding hydrogens is 418 g/mol. The first-order chi connectivity index (χ1) is 14.6. The fraction of sp³-hybridized carbons (Fsp3) is 0.429. The highest BCUT2D eigenvalue weighted by atomic mass is 32.2. The Morgan fingerprint density at radius 1 is 1.37 bits per heavy atom. The first-order valence-electron chi connectivity index (χ1n) is 10.1. The summed E-state index contributed by atoms with van der Waals surface area (Å²) in [4.78, 5) is 28.3. The molecule has 0 radical (unpaired) electrons. The zero-order chi connectivity index (χ0) is 20.9. The van der Waals surface area contributed by atoms with Gasteiger partial charge in [-0.15, -0.1) is 0 Å². The highest BCUT2D eigenvalue weighted by molar-refractivity contribution is 8.00. The first kappa shape index (κ1) is 20.9. The van der Waals surface area contributed by atoms with E-state index in [9.17, 15) is 4.79 Å². The summed E-state index contributed by atoms with van der Waals surface area (Å²) in [6.45, 7) is 6.80. The van der Waals surface area contributed by atoms with Gasteiger partial charge in [0.05, 0.1) is 18.0 Å². The van der Waals surface area contributed by atoms with E-state index in [2.05, 4.69) is 27.1 Å². The van der Waals surface area contributed by atoms with Crippen LogP contribution in [0.25, 0.3) is 10.3 Å². The molecule has 3 aromatic rings. The Balaban J connectivity index is 1.44. The number of amides is 1. The van der Waals surface area contributed by atoms with Crippen LogP contribution in [0.3, 0.4) is 0 Å². The van der Waals surface area contributed by atoms with Crippen LogP contribution in [0.5, 0.6) is 5.75 Å². The molecule has 3 heterocycles. The van der Waals surface area contributed by atoms with Gasteiger partial charge in [-0.3, -0.25) is 4.79 Å². The Bertz CT molecular complexity index is 1030. The van der Waals surface area contributed by atoms with Crippen LogP contribution >= 0.6 is 23.1 Å². The van der Waals surface area contributed by atoms with Crippen LogP contribution in [0.15, 0.2) is 35.6 Å². The Morgan fingerprint density at radius 3 is 3.07 bits per heavy atom. The molecule has 7 nitrogen and oxygen atoms in total. The molecule has 1 atom stereocenters. The maximum absolute atomic E-state index is 12.5. The van der Waals surface area contributed by atoms with Gasteiger partial charge in [0.25, 0.3) is 0 Å². The van der Waals surface area contributed by atoms with E-state index in [1.807, 2.05) is 31.2 Å². The molecule has 1 saturated heterocycles. The maximum atomic E-state index is 12.5. The number of thiazole rings is 1. The summed E-state index contributed by atoms with van der Waals surface area (Å²) in [7, 11) is 0. The molecule has 0 saturated carbocycles. The summed E-state index contributed by atoms with van der Waals surface area (Å²) in [6.07, 6.45) is 3.98. The van der Waals surface area contributed by atoms with Crippen molar-refractivity contribution in [2.24, 2.45) is 5.92 Å². The van der Waals surface area contributed by atoms with Crippen molar-refractivity contribution in [3.63, 3.8) is 0 Å². The molecule has 4 rings (SSSR count). The molecule has 1 aromatic carbocycles. The zero-order valence-electron chi connectivity index (χ0n) is 17.1. The Hall–Kier alpha value is -2.39. The fourth-order valence-corrected chi connectivity index (χ4v) is 5.42. The number of nitrogens with zero attached hydrogens (tertiary/aromatic N) is 4. The van der Waals surface area contributed by atoms with Gasteiger partial charge in [0.2, 0.25) is 5.91 Å². The lowest BCUT2D eigenvalue weighted by Crippen LogP contribution is -2.34. The molecule has 1 aliphatic heterocycles. The lowest BCUT2D eigenvalue weighted by molar-refractivity contribution is -0.113. The van der Waals surface area contributed by atoms with Crippen molar-refractivity contribution in [1.29, 1.82) is 0 Å². The summed E-state index contributed by atoms with van der Waals surface area (Å²) in [5.41, 5.74) is 1.38. The van der Waals surface area contributed by atoms with Crippen LogP contribution < -0.4 is 15.0 Å². The lowest BCUT2D eigenvalue weighted by atomic mass is 10.0. The number of carbonyl (C=O) groups excluding carboxylic acids is 1. The molecule has 0 bridgehead atoms. The van der Waals surface area contributed by atoms with Crippen LogP contribution in [-0.2, 0) is 4.79 Å². The third-order valence-electron chi connectivity index (χ3n) is 4.88. The van der Waals surface area contributed by atoms with E-state index in [1.54, 1.807) is 11.3 Å². The van der Waals surface area contributed by atoms with E-state index in [0.717, 1.165) is 27.9 Å². The number of carbonyl (C=O) groups is 1. The van der Waals surface area contributed by atoms with Crippen molar-refractivity contribution in [2.45, 2.75) is 31.7 Å². The molecule has 158 valence electrons. The smallest absolute Gasteiger partial charge is 0.234 e. The number of fused-ring (bicyclic) bond motifs is 1. The minimum atomic E-state index is -0.103.